The van der Waals surface area contributed by atoms with Crippen LogP contribution in [0.1, 0.15) is 36.9 Å². The highest BCUT2D eigenvalue weighted by Gasteiger charge is 2.24. The summed E-state index contributed by atoms with van der Waals surface area (Å²) >= 11 is 0. The molecule has 1 aliphatic heterocycles. The highest BCUT2D eigenvalue weighted by atomic mass is 19.1. The number of rotatable bonds is 3. The number of halogens is 1. The number of hydrogen-bond acceptors (Lipinski definition) is 6. The molecule has 0 spiro atoms. The summed E-state index contributed by atoms with van der Waals surface area (Å²) in [5.74, 6) is 0.126. The summed E-state index contributed by atoms with van der Waals surface area (Å²) in [7, 11) is 0. The molecule has 7 rings (SSSR count). The van der Waals surface area contributed by atoms with Crippen molar-refractivity contribution in [2.75, 3.05) is 6.61 Å². The van der Waals surface area contributed by atoms with E-state index < -0.39 is 0 Å². The Balaban J connectivity index is 1.61. The minimum Gasteiger partial charge on any atom is -0.423 e. The van der Waals surface area contributed by atoms with Crippen LogP contribution >= 0.6 is 0 Å². The fourth-order valence-corrected chi connectivity index (χ4v) is 5.28. The van der Waals surface area contributed by atoms with Crippen LogP contribution in [0.2, 0.25) is 0 Å². The Kier molecular flexibility index (Phi) is 4.65. The minimum absolute atomic E-state index is 0.204. The molecular formula is C28H22FN5O2. The van der Waals surface area contributed by atoms with Crippen molar-refractivity contribution < 1.29 is 13.5 Å². The van der Waals surface area contributed by atoms with E-state index in [1.54, 1.807) is 29.9 Å². The lowest BCUT2D eigenvalue weighted by molar-refractivity contribution is -0.0391. The van der Waals surface area contributed by atoms with E-state index in [1.807, 2.05) is 24.4 Å². The summed E-state index contributed by atoms with van der Waals surface area (Å²) in [6.07, 6.45) is 8.14. The predicted octanol–water partition coefficient (Wildman–Crippen LogP) is 6.73. The Hall–Kier alpha value is -4.17. The number of oxazole rings is 1. The fourth-order valence-electron chi connectivity index (χ4n) is 5.28. The first kappa shape index (κ1) is 21.1. The maximum absolute atomic E-state index is 15.0. The maximum Gasteiger partial charge on any atom is 0.248 e. The third kappa shape index (κ3) is 3.07. The van der Waals surface area contributed by atoms with Gasteiger partial charge in [-0.3, -0.25) is 4.98 Å². The summed E-state index contributed by atoms with van der Waals surface area (Å²) in [6, 6.07) is 9.13. The van der Waals surface area contributed by atoms with Crippen molar-refractivity contribution in [3.05, 3.63) is 66.6 Å². The smallest absolute Gasteiger partial charge is 0.248 e. The van der Waals surface area contributed by atoms with Crippen molar-refractivity contribution in [3.8, 4) is 11.1 Å². The summed E-state index contributed by atoms with van der Waals surface area (Å²) in [5.41, 5.74) is 5.38. The molecule has 0 amide bonds. The van der Waals surface area contributed by atoms with Gasteiger partial charge in [0.15, 0.2) is 11.7 Å². The van der Waals surface area contributed by atoms with E-state index in [9.17, 15) is 0 Å². The molecule has 0 saturated carbocycles. The second kappa shape index (κ2) is 7.93. The fraction of sp³-hybridized carbons (Fsp3) is 0.214. The molecule has 1 fully saturated rings. The van der Waals surface area contributed by atoms with Gasteiger partial charge in [0, 0.05) is 53.2 Å². The van der Waals surface area contributed by atoms with Crippen LogP contribution in [0.3, 0.4) is 0 Å². The van der Waals surface area contributed by atoms with Gasteiger partial charge in [-0.1, -0.05) is 18.7 Å². The molecule has 0 radical (unpaired) electrons. The summed E-state index contributed by atoms with van der Waals surface area (Å²) in [5, 5.41) is 7.03. The van der Waals surface area contributed by atoms with Crippen molar-refractivity contribution in [3.63, 3.8) is 0 Å². The van der Waals surface area contributed by atoms with E-state index >= 15 is 4.39 Å². The molecule has 0 N–H and O–H groups in total. The van der Waals surface area contributed by atoms with Gasteiger partial charge < -0.3 is 9.15 Å². The average molecular weight is 480 g/mol. The van der Waals surface area contributed by atoms with Crippen molar-refractivity contribution in [1.82, 2.24) is 24.7 Å². The zero-order valence-corrected chi connectivity index (χ0v) is 19.7. The SMILES string of the molecule is C=Cc1cc2c(-c3ccc(F)c4nn(C5CCCCO5)cc34)c3nc(C)oc3nc2c2cccnc12. The summed E-state index contributed by atoms with van der Waals surface area (Å²) < 4.78 is 28.6. The molecule has 1 unspecified atom stereocenters. The molecule has 2 aromatic carbocycles. The van der Waals surface area contributed by atoms with E-state index in [0.717, 1.165) is 57.8 Å². The number of aryl methyl sites for hydroxylation is 1. The van der Waals surface area contributed by atoms with Gasteiger partial charge in [-0.25, -0.2) is 19.0 Å². The quantitative estimate of drug-likeness (QED) is 0.262. The number of nitrogens with zero attached hydrogens (tertiary/aromatic N) is 5. The van der Waals surface area contributed by atoms with Crippen molar-refractivity contribution in [2.24, 2.45) is 0 Å². The highest BCUT2D eigenvalue weighted by molar-refractivity contribution is 6.19. The Labute approximate surface area is 205 Å². The van der Waals surface area contributed by atoms with Gasteiger partial charge >= 0.3 is 0 Å². The van der Waals surface area contributed by atoms with Gasteiger partial charge in [-0.15, -0.1) is 0 Å². The Bertz CT molecular complexity index is 1830. The number of hydrogen-bond donors (Lipinski definition) is 0. The number of benzene rings is 2. The molecule has 178 valence electrons. The zero-order valence-electron chi connectivity index (χ0n) is 19.7. The highest BCUT2D eigenvalue weighted by Crippen LogP contribution is 2.41. The standard InChI is InChI=1S/C28H22FN5O2/c1-3-16-13-19-23(27-28(36-15(2)31-27)32-25(19)18-7-6-11-30-24(16)18)17-9-10-21(29)26-20(17)14-34(33-26)22-8-4-5-12-35-22/h3,6-7,9-11,13-14,22H,1,4-5,8,12H2,2H3. The van der Waals surface area contributed by atoms with Gasteiger partial charge in [0.05, 0.1) is 11.0 Å². The lowest BCUT2D eigenvalue weighted by atomic mass is 9.94. The van der Waals surface area contributed by atoms with Crippen LogP contribution < -0.4 is 0 Å². The first-order chi connectivity index (χ1) is 17.6. The molecule has 8 heteroatoms. The lowest BCUT2D eigenvalue weighted by Crippen LogP contribution is -2.18. The van der Waals surface area contributed by atoms with Crippen molar-refractivity contribution >= 4 is 50.0 Å². The van der Waals surface area contributed by atoms with Gasteiger partial charge in [0.1, 0.15) is 17.3 Å². The number of ether oxygens (including phenoxy) is 1. The van der Waals surface area contributed by atoms with Gasteiger partial charge in [0.2, 0.25) is 5.71 Å². The average Bonchev–Trinajstić information content (AvgIpc) is 3.52. The van der Waals surface area contributed by atoms with E-state index in [4.69, 9.17) is 14.1 Å². The zero-order chi connectivity index (χ0) is 24.4. The van der Waals surface area contributed by atoms with Gasteiger partial charge in [0.25, 0.3) is 0 Å². The molecule has 0 aliphatic carbocycles. The van der Waals surface area contributed by atoms with Crippen LogP contribution in [0.25, 0.3) is 61.1 Å². The minimum atomic E-state index is -0.379. The van der Waals surface area contributed by atoms with Crippen molar-refractivity contribution in [1.29, 1.82) is 0 Å². The number of fused-ring (bicyclic) bond motifs is 5. The van der Waals surface area contributed by atoms with E-state index in [2.05, 4.69) is 21.6 Å². The first-order valence-corrected chi connectivity index (χ1v) is 12.0. The summed E-state index contributed by atoms with van der Waals surface area (Å²) in [6.45, 7) is 6.47. The number of aromatic nitrogens is 5. The molecule has 0 bridgehead atoms. The third-order valence-electron chi connectivity index (χ3n) is 6.91. The monoisotopic (exact) mass is 479 g/mol. The Morgan fingerprint density at radius 1 is 1.06 bits per heavy atom. The normalized spacial score (nSPS) is 16.4. The largest absolute Gasteiger partial charge is 0.423 e. The van der Waals surface area contributed by atoms with Crippen LogP contribution in [-0.4, -0.2) is 31.3 Å². The lowest BCUT2D eigenvalue weighted by Gasteiger charge is -2.22. The molecular weight excluding hydrogens is 457 g/mol. The molecule has 6 aromatic rings. The molecule has 7 nitrogen and oxygen atoms in total. The van der Waals surface area contributed by atoms with E-state index in [0.29, 0.717) is 34.6 Å². The Morgan fingerprint density at radius 3 is 2.81 bits per heavy atom. The maximum atomic E-state index is 15.0. The van der Waals surface area contributed by atoms with Crippen LogP contribution in [0.5, 0.6) is 0 Å². The van der Waals surface area contributed by atoms with Gasteiger partial charge in [-0.2, -0.15) is 5.10 Å². The van der Waals surface area contributed by atoms with E-state index in [1.165, 1.54) is 6.07 Å². The first-order valence-electron chi connectivity index (χ1n) is 12.0. The molecule has 1 atom stereocenters. The van der Waals surface area contributed by atoms with Crippen LogP contribution in [-0.2, 0) is 4.74 Å². The molecule has 5 heterocycles. The topological polar surface area (TPSA) is 78.9 Å². The second-order valence-electron chi connectivity index (χ2n) is 9.13. The van der Waals surface area contributed by atoms with E-state index in [-0.39, 0.29) is 12.0 Å². The van der Waals surface area contributed by atoms with Crippen LogP contribution in [0.4, 0.5) is 4.39 Å². The molecule has 1 saturated heterocycles. The third-order valence-corrected chi connectivity index (χ3v) is 6.91. The predicted molar refractivity (Wildman–Crippen MR) is 137 cm³/mol. The number of pyridine rings is 2. The van der Waals surface area contributed by atoms with Crippen molar-refractivity contribution in [2.45, 2.75) is 32.4 Å². The summed E-state index contributed by atoms with van der Waals surface area (Å²) in [4.78, 5) is 14.1. The van der Waals surface area contributed by atoms with Crippen LogP contribution in [0.15, 0.2) is 53.7 Å². The second-order valence-corrected chi connectivity index (χ2v) is 9.13. The molecule has 36 heavy (non-hydrogen) atoms. The molecule has 4 aromatic heterocycles. The van der Waals surface area contributed by atoms with Gasteiger partial charge in [-0.05, 0) is 49.1 Å². The van der Waals surface area contributed by atoms with Crippen LogP contribution in [0, 0.1) is 12.7 Å². The Morgan fingerprint density at radius 2 is 1.97 bits per heavy atom. The molecule has 1 aliphatic rings.